The SMILES string of the molecule is CCC(C)(CO)CNC1(C)CCS(=O)(=O)C1. The summed E-state index contributed by atoms with van der Waals surface area (Å²) in [6.45, 7) is 6.77. The van der Waals surface area contributed by atoms with Crippen molar-refractivity contribution in [3.05, 3.63) is 0 Å². The Balaban J connectivity index is 2.56. The van der Waals surface area contributed by atoms with Crippen molar-refractivity contribution in [1.82, 2.24) is 5.32 Å². The lowest BCUT2D eigenvalue weighted by Gasteiger charge is -2.32. The smallest absolute Gasteiger partial charge is 0.152 e. The van der Waals surface area contributed by atoms with E-state index in [1.54, 1.807) is 0 Å². The number of hydrogen-bond donors (Lipinski definition) is 2. The molecule has 0 aromatic rings. The maximum absolute atomic E-state index is 11.4. The fourth-order valence-electron chi connectivity index (χ4n) is 1.87. The molecule has 0 spiro atoms. The molecule has 2 atom stereocenters. The van der Waals surface area contributed by atoms with Crippen molar-refractivity contribution in [2.24, 2.45) is 5.41 Å². The van der Waals surface area contributed by atoms with Crippen LogP contribution in [0.1, 0.15) is 33.6 Å². The Morgan fingerprint density at radius 1 is 1.50 bits per heavy atom. The van der Waals surface area contributed by atoms with Crippen molar-refractivity contribution in [1.29, 1.82) is 0 Å². The Morgan fingerprint density at radius 2 is 2.12 bits per heavy atom. The molecule has 0 aliphatic carbocycles. The van der Waals surface area contributed by atoms with Gasteiger partial charge in [-0.15, -0.1) is 0 Å². The van der Waals surface area contributed by atoms with E-state index in [1.807, 2.05) is 20.8 Å². The summed E-state index contributed by atoms with van der Waals surface area (Å²) in [7, 11) is -2.86. The second-order valence-electron chi connectivity index (χ2n) is 5.58. The molecule has 0 amide bonds. The van der Waals surface area contributed by atoms with Crippen LogP contribution in [0.3, 0.4) is 0 Å². The molecule has 1 fully saturated rings. The summed E-state index contributed by atoms with van der Waals surface area (Å²) in [5.41, 5.74) is -0.472. The van der Waals surface area contributed by atoms with Gasteiger partial charge in [0.15, 0.2) is 9.84 Å². The third-order valence-corrected chi connectivity index (χ3v) is 5.58. The highest BCUT2D eigenvalue weighted by Crippen LogP contribution is 2.25. The Kier molecular flexibility index (Phi) is 4.03. The van der Waals surface area contributed by atoms with Crippen LogP contribution in [0, 0.1) is 5.41 Å². The highest BCUT2D eigenvalue weighted by Gasteiger charge is 2.39. The molecule has 0 saturated carbocycles. The lowest BCUT2D eigenvalue weighted by Crippen LogP contribution is -2.48. The number of nitrogens with one attached hydrogen (secondary N) is 1. The number of aliphatic hydroxyl groups excluding tert-OH is 1. The van der Waals surface area contributed by atoms with E-state index in [0.717, 1.165) is 6.42 Å². The molecule has 2 unspecified atom stereocenters. The minimum atomic E-state index is -2.86. The zero-order valence-corrected chi connectivity index (χ0v) is 11.2. The van der Waals surface area contributed by atoms with Gasteiger partial charge in [-0.3, -0.25) is 0 Å². The van der Waals surface area contributed by atoms with E-state index in [0.29, 0.717) is 13.0 Å². The summed E-state index contributed by atoms with van der Waals surface area (Å²) < 4.78 is 22.8. The summed E-state index contributed by atoms with van der Waals surface area (Å²) in [5.74, 6) is 0.490. The number of sulfone groups is 1. The first-order valence-corrected chi connectivity index (χ1v) is 7.63. The molecule has 16 heavy (non-hydrogen) atoms. The zero-order chi connectivity index (χ0) is 12.4. The van der Waals surface area contributed by atoms with Gasteiger partial charge in [0.2, 0.25) is 0 Å². The number of hydrogen-bond acceptors (Lipinski definition) is 4. The maximum Gasteiger partial charge on any atom is 0.152 e. The van der Waals surface area contributed by atoms with Crippen LogP contribution >= 0.6 is 0 Å². The van der Waals surface area contributed by atoms with Gasteiger partial charge in [0.25, 0.3) is 0 Å². The molecule has 1 aliphatic heterocycles. The molecule has 4 nitrogen and oxygen atoms in total. The van der Waals surface area contributed by atoms with Crippen LogP contribution in [0.4, 0.5) is 0 Å². The molecule has 2 N–H and O–H groups in total. The van der Waals surface area contributed by atoms with Crippen LogP contribution in [-0.2, 0) is 9.84 Å². The molecule has 1 aliphatic rings. The van der Waals surface area contributed by atoms with Crippen molar-refractivity contribution in [3.8, 4) is 0 Å². The highest BCUT2D eigenvalue weighted by molar-refractivity contribution is 7.91. The molecular formula is C11H23NO3S. The quantitative estimate of drug-likeness (QED) is 0.747. The first kappa shape index (κ1) is 13.9. The lowest BCUT2D eigenvalue weighted by molar-refractivity contribution is 0.126. The van der Waals surface area contributed by atoms with Gasteiger partial charge in [-0.1, -0.05) is 13.8 Å². The summed E-state index contributed by atoms with van der Waals surface area (Å²) in [6, 6.07) is 0. The van der Waals surface area contributed by atoms with Gasteiger partial charge in [-0.25, -0.2) is 8.42 Å². The third kappa shape index (κ3) is 3.43. The zero-order valence-electron chi connectivity index (χ0n) is 10.4. The van der Waals surface area contributed by atoms with Gasteiger partial charge < -0.3 is 10.4 Å². The predicted molar refractivity (Wildman–Crippen MR) is 65.2 cm³/mol. The molecule has 0 radical (unpaired) electrons. The summed E-state index contributed by atoms with van der Waals surface area (Å²) in [4.78, 5) is 0. The van der Waals surface area contributed by atoms with Crippen molar-refractivity contribution in [3.63, 3.8) is 0 Å². The monoisotopic (exact) mass is 249 g/mol. The van der Waals surface area contributed by atoms with Crippen LogP contribution < -0.4 is 5.32 Å². The molecule has 0 aromatic carbocycles. The van der Waals surface area contributed by atoms with Crippen molar-refractivity contribution in [2.45, 2.75) is 39.2 Å². The molecule has 1 saturated heterocycles. The van der Waals surface area contributed by atoms with Crippen molar-refractivity contribution in [2.75, 3.05) is 24.7 Å². The summed E-state index contributed by atoms with van der Waals surface area (Å²) in [6.07, 6.45) is 1.54. The van der Waals surface area contributed by atoms with Crippen LogP contribution in [0.2, 0.25) is 0 Å². The largest absolute Gasteiger partial charge is 0.396 e. The standard InChI is InChI=1S/C11H23NO3S/c1-4-10(2,8-13)7-12-11(3)5-6-16(14,15)9-11/h12-13H,4-9H2,1-3H3. The molecule has 0 aromatic heterocycles. The Bertz CT molecular complexity index is 335. The van der Waals surface area contributed by atoms with E-state index in [1.165, 1.54) is 0 Å². The van der Waals surface area contributed by atoms with Gasteiger partial charge in [0.1, 0.15) is 0 Å². The van der Waals surface area contributed by atoms with E-state index >= 15 is 0 Å². The molecule has 1 heterocycles. The van der Waals surface area contributed by atoms with Crippen LogP contribution in [-0.4, -0.2) is 43.7 Å². The topological polar surface area (TPSA) is 66.4 Å². The Hall–Kier alpha value is -0.130. The minimum Gasteiger partial charge on any atom is -0.396 e. The normalized spacial score (nSPS) is 32.5. The number of aliphatic hydroxyl groups is 1. The minimum absolute atomic E-state index is 0.124. The lowest BCUT2D eigenvalue weighted by atomic mass is 9.87. The Labute approximate surface area is 98.4 Å². The fraction of sp³-hybridized carbons (Fsp3) is 1.00. The summed E-state index contributed by atoms with van der Waals surface area (Å²) in [5, 5.41) is 12.6. The summed E-state index contributed by atoms with van der Waals surface area (Å²) >= 11 is 0. The molecule has 1 rings (SSSR count). The third-order valence-electron chi connectivity index (χ3n) is 3.68. The van der Waals surface area contributed by atoms with Gasteiger partial charge >= 0.3 is 0 Å². The highest BCUT2D eigenvalue weighted by atomic mass is 32.2. The van der Waals surface area contributed by atoms with Crippen LogP contribution in [0.5, 0.6) is 0 Å². The van der Waals surface area contributed by atoms with Crippen molar-refractivity contribution >= 4 is 9.84 Å². The first-order chi connectivity index (χ1) is 7.24. The van der Waals surface area contributed by atoms with Crippen LogP contribution in [0.25, 0.3) is 0 Å². The molecule has 96 valence electrons. The van der Waals surface area contributed by atoms with Crippen molar-refractivity contribution < 1.29 is 13.5 Å². The van der Waals surface area contributed by atoms with E-state index in [4.69, 9.17) is 0 Å². The predicted octanol–water partition coefficient (Wildman–Crippen LogP) is 0.562. The van der Waals surface area contributed by atoms with E-state index in [9.17, 15) is 13.5 Å². The number of rotatable bonds is 5. The van der Waals surface area contributed by atoms with E-state index < -0.39 is 9.84 Å². The van der Waals surface area contributed by atoms with Crippen LogP contribution in [0.15, 0.2) is 0 Å². The average Bonchev–Trinajstić information content (AvgIpc) is 2.51. The molecule has 5 heteroatoms. The van der Waals surface area contributed by atoms with Gasteiger partial charge in [-0.05, 0) is 19.8 Å². The second kappa shape index (κ2) is 4.63. The Morgan fingerprint density at radius 3 is 2.50 bits per heavy atom. The van der Waals surface area contributed by atoms with E-state index in [-0.39, 0.29) is 29.1 Å². The van der Waals surface area contributed by atoms with Gasteiger partial charge in [-0.2, -0.15) is 0 Å². The average molecular weight is 249 g/mol. The van der Waals surface area contributed by atoms with Gasteiger partial charge in [0.05, 0.1) is 11.5 Å². The second-order valence-corrected chi connectivity index (χ2v) is 7.76. The van der Waals surface area contributed by atoms with E-state index in [2.05, 4.69) is 5.32 Å². The first-order valence-electron chi connectivity index (χ1n) is 5.81. The van der Waals surface area contributed by atoms with Gasteiger partial charge in [0, 0.05) is 24.1 Å². The maximum atomic E-state index is 11.4. The fourth-order valence-corrected chi connectivity index (χ4v) is 3.99. The molecular weight excluding hydrogens is 226 g/mol. The molecule has 0 bridgehead atoms.